The van der Waals surface area contributed by atoms with E-state index in [0.29, 0.717) is 0 Å². The summed E-state index contributed by atoms with van der Waals surface area (Å²) in [6.45, 7) is 10.1. The van der Waals surface area contributed by atoms with Gasteiger partial charge in [0.1, 0.15) is 0 Å². The molecule has 1 amide bonds. The molecule has 0 saturated carbocycles. The van der Waals surface area contributed by atoms with E-state index >= 15 is 0 Å². The fourth-order valence-electron chi connectivity index (χ4n) is 1.94. The molecular formula is C17H22N2O2. The molecule has 0 aliphatic rings. The zero-order valence-electron chi connectivity index (χ0n) is 13.2. The smallest absolute Gasteiger partial charge is 0.290 e. The second-order valence-corrected chi connectivity index (χ2v) is 6.43. The average molecular weight is 286 g/mol. The Morgan fingerprint density at radius 3 is 2.38 bits per heavy atom. The first-order chi connectivity index (χ1) is 9.77. The molecule has 1 N–H and O–H groups in total. The lowest BCUT2D eigenvalue weighted by molar-refractivity contribution is 0.0902. The third kappa shape index (κ3) is 3.72. The molecule has 0 aliphatic heterocycles. The number of carbonyl (C=O) groups is 1. The molecule has 0 radical (unpaired) electrons. The molecule has 4 nitrogen and oxygen atoms in total. The van der Waals surface area contributed by atoms with Crippen molar-refractivity contribution >= 4 is 5.91 Å². The van der Waals surface area contributed by atoms with Crippen molar-refractivity contribution in [3.8, 4) is 0 Å². The Labute approximate surface area is 125 Å². The Balaban J connectivity index is 2.07. The molecule has 0 aliphatic carbocycles. The van der Waals surface area contributed by atoms with Crippen molar-refractivity contribution < 1.29 is 9.32 Å². The maximum Gasteiger partial charge on any atom is 0.290 e. The molecule has 1 aromatic carbocycles. The maximum absolute atomic E-state index is 12.2. The molecular weight excluding hydrogens is 264 g/mol. The Morgan fingerprint density at radius 1 is 1.24 bits per heavy atom. The average Bonchev–Trinajstić information content (AvgIpc) is 2.88. The number of hydrogen-bond donors (Lipinski definition) is 1. The van der Waals surface area contributed by atoms with Crippen LogP contribution in [0.3, 0.4) is 0 Å². The Kier molecular flexibility index (Phi) is 4.16. The van der Waals surface area contributed by atoms with E-state index in [9.17, 15) is 4.79 Å². The summed E-state index contributed by atoms with van der Waals surface area (Å²) >= 11 is 0. The van der Waals surface area contributed by atoms with Gasteiger partial charge in [0.25, 0.3) is 5.91 Å². The van der Waals surface area contributed by atoms with Gasteiger partial charge in [0.2, 0.25) is 5.76 Å². The lowest BCUT2D eigenvalue weighted by Crippen LogP contribution is -2.26. The van der Waals surface area contributed by atoms with Crippen molar-refractivity contribution in [1.82, 2.24) is 10.5 Å². The van der Waals surface area contributed by atoms with Crippen molar-refractivity contribution in [1.29, 1.82) is 0 Å². The molecule has 1 heterocycles. The first-order valence-corrected chi connectivity index (χ1v) is 7.12. The Bertz CT molecular complexity index is 621. The summed E-state index contributed by atoms with van der Waals surface area (Å²) in [6.07, 6.45) is 0. The molecule has 0 spiro atoms. The van der Waals surface area contributed by atoms with Gasteiger partial charge in [-0.15, -0.1) is 0 Å². The van der Waals surface area contributed by atoms with Gasteiger partial charge in [0.15, 0.2) is 0 Å². The van der Waals surface area contributed by atoms with E-state index in [2.05, 4.69) is 10.5 Å². The number of aryl methyl sites for hydroxylation is 1. The van der Waals surface area contributed by atoms with Crippen LogP contribution in [0.5, 0.6) is 0 Å². The van der Waals surface area contributed by atoms with Crippen molar-refractivity contribution in [3.63, 3.8) is 0 Å². The minimum atomic E-state index is -0.244. The quantitative estimate of drug-likeness (QED) is 0.934. The summed E-state index contributed by atoms with van der Waals surface area (Å²) in [6, 6.07) is 9.72. The Hall–Kier alpha value is -2.10. The Morgan fingerprint density at radius 2 is 1.86 bits per heavy atom. The van der Waals surface area contributed by atoms with Crippen LogP contribution in [-0.4, -0.2) is 11.1 Å². The molecule has 0 unspecified atom stereocenters. The van der Waals surface area contributed by atoms with Crippen molar-refractivity contribution in [2.24, 2.45) is 0 Å². The van der Waals surface area contributed by atoms with Gasteiger partial charge in [-0.2, -0.15) is 0 Å². The molecule has 0 saturated heterocycles. The van der Waals surface area contributed by atoms with Gasteiger partial charge in [-0.3, -0.25) is 4.79 Å². The molecule has 0 bridgehead atoms. The van der Waals surface area contributed by atoms with E-state index in [1.165, 1.54) is 5.56 Å². The summed E-state index contributed by atoms with van der Waals surface area (Å²) < 4.78 is 5.15. The van der Waals surface area contributed by atoms with E-state index in [-0.39, 0.29) is 23.1 Å². The van der Waals surface area contributed by atoms with Gasteiger partial charge in [0.05, 0.1) is 11.7 Å². The first kappa shape index (κ1) is 15.3. The zero-order chi connectivity index (χ0) is 15.6. The largest absolute Gasteiger partial charge is 0.351 e. The molecule has 0 fully saturated rings. The van der Waals surface area contributed by atoms with E-state index in [4.69, 9.17) is 4.52 Å². The highest BCUT2D eigenvalue weighted by molar-refractivity contribution is 5.91. The van der Waals surface area contributed by atoms with E-state index < -0.39 is 0 Å². The molecule has 4 heteroatoms. The van der Waals surface area contributed by atoms with E-state index in [1.54, 1.807) is 6.07 Å². The molecule has 2 rings (SSSR count). The summed E-state index contributed by atoms with van der Waals surface area (Å²) in [7, 11) is 0. The lowest BCUT2D eigenvalue weighted by Gasteiger charge is -2.13. The SMILES string of the molecule is Cc1ccc([C@@H](C)NC(=O)c2cc(C(C)(C)C)no2)cc1. The van der Waals surface area contributed by atoms with Crippen LogP contribution in [0.15, 0.2) is 34.9 Å². The third-order valence-electron chi connectivity index (χ3n) is 3.43. The number of hydrogen-bond acceptors (Lipinski definition) is 3. The standard InChI is InChI=1S/C17H22N2O2/c1-11-6-8-13(9-7-11)12(2)18-16(20)14-10-15(19-21-14)17(3,4)5/h6-10,12H,1-5H3,(H,18,20)/t12-/m1/s1. The van der Waals surface area contributed by atoms with E-state index in [1.807, 2.05) is 58.9 Å². The third-order valence-corrected chi connectivity index (χ3v) is 3.43. The van der Waals surface area contributed by atoms with Crippen LogP contribution >= 0.6 is 0 Å². The molecule has 1 aromatic heterocycles. The number of benzene rings is 1. The predicted molar refractivity (Wildman–Crippen MR) is 82.3 cm³/mol. The van der Waals surface area contributed by atoms with Crippen LogP contribution in [0.1, 0.15) is 61.1 Å². The highest BCUT2D eigenvalue weighted by Gasteiger charge is 2.22. The van der Waals surface area contributed by atoms with E-state index in [0.717, 1.165) is 11.3 Å². The van der Waals surface area contributed by atoms with Gasteiger partial charge >= 0.3 is 0 Å². The molecule has 112 valence electrons. The highest BCUT2D eigenvalue weighted by Crippen LogP contribution is 2.22. The number of amides is 1. The fourth-order valence-corrected chi connectivity index (χ4v) is 1.94. The van der Waals surface area contributed by atoms with Gasteiger partial charge in [-0.25, -0.2) is 0 Å². The second kappa shape index (κ2) is 5.72. The minimum Gasteiger partial charge on any atom is -0.351 e. The molecule has 1 atom stereocenters. The maximum atomic E-state index is 12.2. The summed E-state index contributed by atoms with van der Waals surface area (Å²) in [5.74, 6) is 0.00459. The monoisotopic (exact) mass is 286 g/mol. The van der Waals surface area contributed by atoms with Crippen LogP contribution in [0.25, 0.3) is 0 Å². The van der Waals surface area contributed by atoms with Crippen LogP contribution in [0.2, 0.25) is 0 Å². The van der Waals surface area contributed by atoms with Crippen LogP contribution in [-0.2, 0) is 5.41 Å². The van der Waals surface area contributed by atoms with Gasteiger partial charge in [0, 0.05) is 11.5 Å². The van der Waals surface area contributed by atoms with Crippen LogP contribution in [0.4, 0.5) is 0 Å². The van der Waals surface area contributed by atoms with Crippen LogP contribution in [0, 0.1) is 6.92 Å². The topological polar surface area (TPSA) is 55.1 Å². The first-order valence-electron chi connectivity index (χ1n) is 7.12. The number of carbonyl (C=O) groups excluding carboxylic acids is 1. The van der Waals surface area contributed by atoms with Crippen molar-refractivity contribution in [3.05, 3.63) is 52.9 Å². The second-order valence-electron chi connectivity index (χ2n) is 6.43. The number of rotatable bonds is 3. The summed E-state index contributed by atoms with van der Waals surface area (Å²) in [5, 5.41) is 6.89. The van der Waals surface area contributed by atoms with Crippen LogP contribution < -0.4 is 5.32 Å². The molecule has 21 heavy (non-hydrogen) atoms. The minimum absolute atomic E-state index is 0.0821. The fraction of sp³-hybridized carbons (Fsp3) is 0.412. The van der Waals surface area contributed by atoms with Crippen molar-refractivity contribution in [2.75, 3.05) is 0 Å². The van der Waals surface area contributed by atoms with Crippen molar-refractivity contribution in [2.45, 2.75) is 46.1 Å². The van der Waals surface area contributed by atoms with Gasteiger partial charge < -0.3 is 9.84 Å². The normalized spacial score (nSPS) is 13.0. The molecule has 2 aromatic rings. The van der Waals surface area contributed by atoms with Gasteiger partial charge in [-0.05, 0) is 19.4 Å². The lowest BCUT2D eigenvalue weighted by atomic mass is 9.92. The van der Waals surface area contributed by atoms with Gasteiger partial charge in [-0.1, -0.05) is 55.8 Å². The number of aromatic nitrogens is 1. The summed E-state index contributed by atoms with van der Waals surface area (Å²) in [4.78, 5) is 12.2. The zero-order valence-corrected chi connectivity index (χ0v) is 13.2. The number of nitrogens with zero attached hydrogens (tertiary/aromatic N) is 1. The highest BCUT2D eigenvalue weighted by atomic mass is 16.5. The summed E-state index contributed by atoms with van der Waals surface area (Å²) in [5.41, 5.74) is 2.90. The predicted octanol–water partition coefficient (Wildman–Crippen LogP) is 3.77. The number of nitrogens with one attached hydrogen (secondary N) is 1.